The van der Waals surface area contributed by atoms with E-state index in [1.54, 1.807) is 14.2 Å². The molecule has 0 radical (unpaired) electrons. The van der Waals surface area contributed by atoms with Crippen LogP contribution in [-0.2, 0) is 16.1 Å². The van der Waals surface area contributed by atoms with E-state index >= 15 is 0 Å². The number of carbonyl (C=O) groups excluding carboxylic acids is 1. The topological polar surface area (TPSA) is 69.3 Å². The standard InChI is InChI=1S/C32H39N5O3/c1-4-30-31(37-23-29(40-3)16-13-27(37)6-5-17-33-30)32(38)34-22-24-7-9-25(10-8-24)35-18-20-36(21-19-35)26-11-14-28(39-2)15-12-26/h6-16,23,33H,4-5,17-22H2,1-3H3,(H,34,38)/b27-6+,31-30-. The summed E-state index contributed by atoms with van der Waals surface area (Å²) in [5.41, 5.74) is 6.01. The summed E-state index contributed by atoms with van der Waals surface area (Å²) in [5, 5.41) is 6.60. The van der Waals surface area contributed by atoms with Gasteiger partial charge in [0.15, 0.2) is 0 Å². The van der Waals surface area contributed by atoms with E-state index in [1.807, 2.05) is 35.4 Å². The molecule has 1 amide bonds. The lowest BCUT2D eigenvalue weighted by Gasteiger charge is -2.37. The van der Waals surface area contributed by atoms with Crippen molar-refractivity contribution < 1.29 is 14.3 Å². The van der Waals surface area contributed by atoms with E-state index in [-0.39, 0.29) is 5.91 Å². The first kappa shape index (κ1) is 27.2. The van der Waals surface area contributed by atoms with Gasteiger partial charge in [-0.15, -0.1) is 0 Å². The first-order valence-electron chi connectivity index (χ1n) is 14.0. The molecule has 40 heavy (non-hydrogen) atoms. The maximum Gasteiger partial charge on any atom is 0.270 e. The van der Waals surface area contributed by atoms with Gasteiger partial charge in [0, 0.05) is 62.0 Å². The van der Waals surface area contributed by atoms with Crippen molar-refractivity contribution in [1.82, 2.24) is 15.5 Å². The number of carbonyl (C=O) groups is 1. The first-order valence-corrected chi connectivity index (χ1v) is 14.0. The number of nitrogens with one attached hydrogen (secondary N) is 2. The molecule has 0 aliphatic carbocycles. The number of rotatable bonds is 8. The maximum atomic E-state index is 13.6. The van der Waals surface area contributed by atoms with E-state index in [4.69, 9.17) is 9.47 Å². The van der Waals surface area contributed by atoms with Crippen LogP contribution in [0.4, 0.5) is 11.4 Å². The average Bonchev–Trinajstić information content (AvgIpc) is 3.00. The second-order valence-electron chi connectivity index (χ2n) is 9.99. The molecule has 3 aliphatic rings. The third kappa shape index (κ3) is 6.11. The molecule has 3 heterocycles. The van der Waals surface area contributed by atoms with E-state index < -0.39 is 0 Å². The van der Waals surface area contributed by atoms with E-state index in [1.165, 1.54) is 11.4 Å². The van der Waals surface area contributed by atoms with Crippen molar-refractivity contribution in [2.24, 2.45) is 0 Å². The molecule has 3 aliphatic heterocycles. The van der Waals surface area contributed by atoms with Crippen LogP contribution in [0.2, 0.25) is 0 Å². The van der Waals surface area contributed by atoms with Gasteiger partial charge < -0.3 is 34.8 Å². The van der Waals surface area contributed by atoms with Crippen molar-refractivity contribution in [3.05, 3.63) is 101 Å². The minimum atomic E-state index is -0.113. The molecule has 2 N–H and O–H groups in total. The molecule has 0 unspecified atom stereocenters. The van der Waals surface area contributed by atoms with Crippen LogP contribution >= 0.6 is 0 Å². The molecule has 0 atom stereocenters. The fraction of sp³-hybridized carbons (Fsp3) is 0.344. The van der Waals surface area contributed by atoms with Crippen LogP contribution in [0.3, 0.4) is 0 Å². The van der Waals surface area contributed by atoms with Gasteiger partial charge in [-0.3, -0.25) is 4.79 Å². The molecule has 1 fully saturated rings. The van der Waals surface area contributed by atoms with Gasteiger partial charge in [0.25, 0.3) is 5.91 Å². The Morgan fingerprint density at radius 3 is 2.15 bits per heavy atom. The Labute approximate surface area is 237 Å². The number of anilines is 2. The van der Waals surface area contributed by atoms with Crippen molar-refractivity contribution in [3.63, 3.8) is 0 Å². The van der Waals surface area contributed by atoms with Crippen LogP contribution in [0.5, 0.6) is 5.75 Å². The fourth-order valence-corrected chi connectivity index (χ4v) is 5.29. The van der Waals surface area contributed by atoms with Crippen molar-refractivity contribution in [2.75, 3.05) is 56.7 Å². The highest BCUT2D eigenvalue weighted by molar-refractivity contribution is 5.94. The molecular formula is C32H39N5O3. The Kier molecular flexibility index (Phi) is 8.64. The molecule has 0 spiro atoms. The van der Waals surface area contributed by atoms with E-state index in [9.17, 15) is 4.79 Å². The molecule has 0 aromatic heterocycles. The quantitative estimate of drug-likeness (QED) is 0.510. The lowest BCUT2D eigenvalue weighted by Crippen LogP contribution is -2.46. The van der Waals surface area contributed by atoms with Crippen LogP contribution in [0.15, 0.2) is 95.8 Å². The van der Waals surface area contributed by atoms with Crippen LogP contribution in [0.25, 0.3) is 0 Å². The molecule has 0 saturated carbocycles. The number of benzene rings is 2. The Hall–Kier alpha value is -4.33. The lowest BCUT2D eigenvalue weighted by atomic mass is 10.1. The second kappa shape index (κ2) is 12.7. The molecule has 5 rings (SSSR count). The Morgan fingerprint density at radius 2 is 1.55 bits per heavy atom. The summed E-state index contributed by atoms with van der Waals surface area (Å²) in [6.45, 7) is 7.16. The number of nitrogens with zero attached hydrogens (tertiary/aromatic N) is 3. The highest BCUT2D eigenvalue weighted by Crippen LogP contribution is 2.27. The first-order chi connectivity index (χ1) is 19.6. The summed E-state index contributed by atoms with van der Waals surface area (Å²) in [4.78, 5) is 20.3. The maximum absolute atomic E-state index is 13.6. The number of piperazine rings is 1. The summed E-state index contributed by atoms with van der Waals surface area (Å²) >= 11 is 0. The van der Waals surface area contributed by atoms with Gasteiger partial charge in [0.05, 0.1) is 20.4 Å². The number of amides is 1. The van der Waals surface area contributed by atoms with Crippen LogP contribution < -0.4 is 25.2 Å². The van der Waals surface area contributed by atoms with Gasteiger partial charge in [-0.2, -0.15) is 0 Å². The van der Waals surface area contributed by atoms with Crippen molar-refractivity contribution >= 4 is 17.3 Å². The molecular weight excluding hydrogens is 502 g/mol. The van der Waals surface area contributed by atoms with E-state index in [2.05, 4.69) is 69.8 Å². The minimum absolute atomic E-state index is 0.113. The lowest BCUT2D eigenvalue weighted by molar-refractivity contribution is -0.118. The summed E-state index contributed by atoms with van der Waals surface area (Å²) in [6, 6.07) is 16.8. The summed E-state index contributed by atoms with van der Waals surface area (Å²) in [5.74, 6) is 1.47. The molecule has 2 aromatic rings. The number of allylic oxidation sites excluding steroid dienone is 3. The van der Waals surface area contributed by atoms with Crippen LogP contribution in [0, 0.1) is 0 Å². The summed E-state index contributed by atoms with van der Waals surface area (Å²) in [6.07, 6.45) is 9.56. The summed E-state index contributed by atoms with van der Waals surface area (Å²) in [7, 11) is 3.33. The van der Waals surface area contributed by atoms with Gasteiger partial charge in [0.2, 0.25) is 0 Å². The third-order valence-corrected chi connectivity index (χ3v) is 7.59. The number of hydrogen-bond donors (Lipinski definition) is 2. The Morgan fingerprint density at radius 1 is 0.900 bits per heavy atom. The van der Waals surface area contributed by atoms with E-state index in [0.29, 0.717) is 18.0 Å². The highest BCUT2D eigenvalue weighted by atomic mass is 16.5. The van der Waals surface area contributed by atoms with E-state index in [0.717, 1.165) is 68.3 Å². The molecule has 2 aromatic carbocycles. The normalized spacial score (nSPS) is 20.3. The molecule has 8 nitrogen and oxygen atoms in total. The number of fused-ring (bicyclic) bond motifs is 1. The zero-order valence-corrected chi connectivity index (χ0v) is 23.7. The third-order valence-electron chi connectivity index (χ3n) is 7.59. The van der Waals surface area contributed by atoms with Gasteiger partial charge in [-0.05, 0) is 67.0 Å². The highest BCUT2D eigenvalue weighted by Gasteiger charge is 2.26. The van der Waals surface area contributed by atoms with Gasteiger partial charge in [-0.1, -0.05) is 25.1 Å². The Balaban J connectivity index is 1.20. The van der Waals surface area contributed by atoms with Gasteiger partial charge in [-0.25, -0.2) is 0 Å². The predicted molar refractivity (Wildman–Crippen MR) is 160 cm³/mol. The largest absolute Gasteiger partial charge is 0.497 e. The van der Waals surface area contributed by atoms with Crippen LogP contribution in [-0.4, -0.2) is 57.8 Å². The molecule has 210 valence electrons. The summed E-state index contributed by atoms with van der Waals surface area (Å²) < 4.78 is 10.7. The van der Waals surface area contributed by atoms with Crippen molar-refractivity contribution in [2.45, 2.75) is 26.3 Å². The van der Waals surface area contributed by atoms with Crippen molar-refractivity contribution in [3.8, 4) is 5.75 Å². The Bertz CT molecular complexity index is 1300. The van der Waals surface area contributed by atoms with Gasteiger partial charge in [0.1, 0.15) is 17.2 Å². The number of ether oxygens (including phenoxy) is 2. The fourth-order valence-electron chi connectivity index (χ4n) is 5.29. The molecule has 0 bridgehead atoms. The number of methoxy groups -OCH3 is 2. The molecule has 1 saturated heterocycles. The zero-order chi connectivity index (χ0) is 27.9. The van der Waals surface area contributed by atoms with Crippen LogP contribution in [0.1, 0.15) is 25.3 Å². The zero-order valence-electron chi connectivity index (χ0n) is 23.7. The molecule has 8 heteroatoms. The average molecular weight is 542 g/mol. The van der Waals surface area contributed by atoms with Gasteiger partial charge >= 0.3 is 0 Å². The minimum Gasteiger partial charge on any atom is -0.497 e. The monoisotopic (exact) mass is 541 g/mol. The predicted octanol–water partition coefficient (Wildman–Crippen LogP) is 4.50. The number of hydrogen-bond acceptors (Lipinski definition) is 7. The van der Waals surface area contributed by atoms with Crippen molar-refractivity contribution in [1.29, 1.82) is 0 Å². The second-order valence-corrected chi connectivity index (χ2v) is 9.99. The smallest absolute Gasteiger partial charge is 0.270 e. The SMILES string of the molecule is CC/C1=C(\C(=O)NCc2ccc(N3CCN(c4ccc(OC)cc4)CC3)cc2)N2C=C(OC)C=C/C2=C\CCN1.